The van der Waals surface area contributed by atoms with Crippen LogP contribution < -0.4 is 0 Å². The van der Waals surface area contributed by atoms with Gasteiger partial charge in [0.05, 0.1) is 11.7 Å². The normalized spacial score (nSPS) is 17.1. The Morgan fingerprint density at radius 1 is 1.45 bits per heavy atom. The molecule has 0 aliphatic carbocycles. The number of ether oxygens (including phenoxy) is 1. The summed E-state index contributed by atoms with van der Waals surface area (Å²) in [5.74, 6) is 0. The van der Waals surface area contributed by atoms with Gasteiger partial charge in [-0.15, -0.1) is 11.6 Å². The summed E-state index contributed by atoms with van der Waals surface area (Å²) in [7, 11) is 1.62. The first-order valence-electron chi connectivity index (χ1n) is 3.48. The molecule has 0 aromatic rings. The highest BCUT2D eigenvalue weighted by Gasteiger charge is 2.30. The molecule has 0 N–H and O–H groups in total. The molecule has 0 aromatic carbocycles. The number of hydrogen-bond acceptors (Lipinski definition) is 2. The zero-order chi connectivity index (χ0) is 9.12. The van der Waals surface area contributed by atoms with Crippen molar-refractivity contribution in [1.29, 1.82) is 5.26 Å². The van der Waals surface area contributed by atoms with Crippen molar-refractivity contribution < 1.29 is 4.74 Å². The molecule has 0 fully saturated rings. The highest BCUT2D eigenvalue weighted by atomic mass is 35.5. The number of hydrogen-bond donors (Lipinski definition) is 0. The second-order valence-corrected chi connectivity index (χ2v) is 4.28. The lowest BCUT2D eigenvalue weighted by Gasteiger charge is -2.27. The van der Waals surface area contributed by atoms with E-state index < -0.39 is 4.87 Å². The number of alkyl halides is 1. The molecular weight excluding hydrogens is 162 g/mol. The predicted octanol–water partition coefficient (Wildman–Crippen LogP) is 2.32. The summed E-state index contributed by atoms with van der Waals surface area (Å²) in [6.45, 7) is 5.51. The Morgan fingerprint density at radius 3 is 2.18 bits per heavy atom. The summed E-state index contributed by atoms with van der Waals surface area (Å²) in [5, 5.41) is 8.62. The fraction of sp³-hybridized carbons (Fsp3) is 0.875. The van der Waals surface area contributed by atoms with Crippen molar-refractivity contribution in [3.05, 3.63) is 0 Å². The highest BCUT2D eigenvalue weighted by Crippen LogP contribution is 2.27. The van der Waals surface area contributed by atoms with Crippen LogP contribution in [0.5, 0.6) is 0 Å². The molecule has 0 bridgehead atoms. The molecule has 0 aromatic heterocycles. The summed E-state index contributed by atoms with van der Waals surface area (Å²) in [5.41, 5.74) is -0.327. The second kappa shape index (κ2) is 3.42. The minimum atomic E-state index is -0.820. The van der Waals surface area contributed by atoms with Gasteiger partial charge < -0.3 is 4.74 Å². The van der Waals surface area contributed by atoms with Gasteiger partial charge >= 0.3 is 0 Å². The fourth-order valence-corrected chi connectivity index (χ4v) is 1.23. The summed E-state index contributed by atoms with van der Waals surface area (Å²) < 4.78 is 5.14. The van der Waals surface area contributed by atoms with Crippen molar-refractivity contribution in [3.8, 4) is 6.07 Å². The molecule has 0 saturated heterocycles. The zero-order valence-corrected chi connectivity index (χ0v) is 8.20. The molecule has 0 spiro atoms. The van der Waals surface area contributed by atoms with Crippen LogP contribution in [0, 0.1) is 11.3 Å². The Kier molecular flexibility index (Phi) is 3.34. The average molecular weight is 176 g/mol. The lowest BCUT2D eigenvalue weighted by Crippen LogP contribution is -2.31. The molecule has 0 heterocycles. The standard InChI is InChI=1S/C8H14ClNO/c1-7(2,11-4)5-8(3,9)6-10/h5H2,1-4H3. The largest absolute Gasteiger partial charge is 0.379 e. The van der Waals surface area contributed by atoms with Crippen LogP contribution in [-0.2, 0) is 4.74 Å². The lowest BCUT2D eigenvalue weighted by atomic mass is 9.95. The van der Waals surface area contributed by atoms with E-state index >= 15 is 0 Å². The minimum Gasteiger partial charge on any atom is -0.379 e. The van der Waals surface area contributed by atoms with Crippen molar-refractivity contribution in [2.24, 2.45) is 0 Å². The van der Waals surface area contributed by atoms with Crippen molar-refractivity contribution in [2.45, 2.75) is 37.7 Å². The quantitative estimate of drug-likeness (QED) is 0.617. The van der Waals surface area contributed by atoms with Crippen LogP contribution in [0.4, 0.5) is 0 Å². The van der Waals surface area contributed by atoms with Crippen molar-refractivity contribution in [3.63, 3.8) is 0 Å². The number of methoxy groups -OCH3 is 1. The number of rotatable bonds is 3. The lowest BCUT2D eigenvalue weighted by molar-refractivity contribution is 0.0115. The third kappa shape index (κ3) is 4.23. The number of nitriles is 1. The second-order valence-electron chi connectivity index (χ2n) is 3.45. The molecule has 3 heteroatoms. The first-order valence-corrected chi connectivity index (χ1v) is 3.86. The van der Waals surface area contributed by atoms with Crippen LogP contribution in [0.25, 0.3) is 0 Å². The van der Waals surface area contributed by atoms with Crippen LogP contribution in [0.2, 0.25) is 0 Å². The summed E-state index contributed by atoms with van der Waals surface area (Å²) in [6, 6.07) is 2.02. The maximum atomic E-state index is 8.62. The van der Waals surface area contributed by atoms with Gasteiger partial charge in [0.15, 0.2) is 0 Å². The van der Waals surface area contributed by atoms with Gasteiger partial charge in [-0.1, -0.05) is 0 Å². The molecule has 11 heavy (non-hydrogen) atoms. The van der Waals surface area contributed by atoms with Crippen LogP contribution in [0.1, 0.15) is 27.2 Å². The van der Waals surface area contributed by atoms with Crippen LogP contribution >= 0.6 is 11.6 Å². The van der Waals surface area contributed by atoms with E-state index in [9.17, 15) is 0 Å². The SMILES string of the molecule is COC(C)(C)CC(C)(Cl)C#N. The summed E-state index contributed by atoms with van der Waals surface area (Å²) in [6.07, 6.45) is 0.522. The highest BCUT2D eigenvalue weighted by molar-refractivity contribution is 6.25. The molecular formula is C8H14ClNO. The zero-order valence-electron chi connectivity index (χ0n) is 7.44. The molecule has 1 atom stereocenters. The van der Waals surface area contributed by atoms with E-state index in [0.717, 1.165) is 0 Å². The molecule has 0 aliphatic rings. The van der Waals surface area contributed by atoms with E-state index in [0.29, 0.717) is 6.42 Å². The van der Waals surface area contributed by atoms with Crippen LogP contribution in [-0.4, -0.2) is 17.6 Å². The monoisotopic (exact) mass is 175 g/mol. The molecule has 0 amide bonds. The fourth-order valence-electron chi connectivity index (χ4n) is 0.911. The van der Waals surface area contributed by atoms with E-state index in [-0.39, 0.29) is 5.60 Å². The van der Waals surface area contributed by atoms with Crippen LogP contribution in [0.15, 0.2) is 0 Å². The number of nitrogens with zero attached hydrogens (tertiary/aromatic N) is 1. The summed E-state index contributed by atoms with van der Waals surface area (Å²) >= 11 is 5.84. The Hall–Kier alpha value is -0.260. The molecule has 0 saturated carbocycles. The van der Waals surface area contributed by atoms with Gasteiger partial charge in [0, 0.05) is 13.5 Å². The van der Waals surface area contributed by atoms with Gasteiger partial charge in [0.25, 0.3) is 0 Å². The molecule has 2 nitrogen and oxygen atoms in total. The van der Waals surface area contributed by atoms with Crippen LogP contribution in [0.3, 0.4) is 0 Å². The first kappa shape index (κ1) is 10.7. The van der Waals surface area contributed by atoms with Gasteiger partial charge in [0.1, 0.15) is 4.87 Å². The predicted molar refractivity (Wildman–Crippen MR) is 45.6 cm³/mol. The van der Waals surface area contributed by atoms with Crippen molar-refractivity contribution >= 4 is 11.6 Å². The van der Waals surface area contributed by atoms with E-state index in [4.69, 9.17) is 21.6 Å². The maximum Gasteiger partial charge on any atom is 0.131 e. The van der Waals surface area contributed by atoms with Gasteiger partial charge in [-0.25, -0.2) is 0 Å². The molecule has 0 aliphatic heterocycles. The third-order valence-electron chi connectivity index (χ3n) is 1.54. The van der Waals surface area contributed by atoms with Crippen molar-refractivity contribution in [2.75, 3.05) is 7.11 Å². The molecule has 0 radical (unpaired) electrons. The first-order chi connectivity index (χ1) is 4.83. The smallest absolute Gasteiger partial charge is 0.131 e. The molecule has 0 rings (SSSR count). The van der Waals surface area contributed by atoms with E-state index in [1.807, 2.05) is 19.9 Å². The average Bonchev–Trinajstić information content (AvgIpc) is 1.86. The molecule has 64 valence electrons. The topological polar surface area (TPSA) is 33.0 Å². The summed E-state index contributed by atoms with van der Waals surface area (Å²) in [4.78, 5) is -0.820. The minimum absolute atomic E-state index is 0.327. The Labute approximate surface area is 73.1 Å². The van der Waals surface area contributed by atoms with Gasteiger partial charge in [-0.2, -0.15) is 5.26 Å². The third-order valence-corrected chi connectivity index (χ3v) is 1.76. The molecule has 1 unspecified atom stereocenters. The Balaban J connectivity index is 4.16. The van der Waals surface area contributed by atoms with Gasteiger partial charge in [-0.05, 0) is 20.8 Å². The van der Waals surface area contributed by atoms with E-state index in [2.05, 4.69) is 0 Å². The Bertz CT molecular complexity index is 169. The Morgan fingerprint density at radius 2 is 1.91 bits per heavy atom. The van der Waals surface area contributed by atoms with E-state index in [1.54, 1.807) is 14.0 Å². The van der Waals surface area contributed by atoms with Gasteiger partial charge in [-0.3, -0.25) is 0 Å². The van der Waals surface area contributed by atoms with E-state index in [1.165, 1.54) is 0 Å². The number of halogens is 1. The van der Waals surface area contributed by atoms with Gasteiger partial charge in [0.2, 0.25) is 0 Å². The maximum absolute atomic E-state index is 8.62. The van der Waals surface area contributed by atoms with Crippen molar-refractivity contribution in [1.82, 2.24) is 0 Å².